The van der Waals surface area contributed by atoms with Gasteiger partial charge in [-0.25, -0.2) is 24.1 Å². The lowest BCUT2D eigenvalue weighted by Crippen LogP contribution is -2.50. The molecule has 0 spiro atoms. The molecule has 4 rings (SSSR count). The Balaban J connectivity index is 1.79. The smallest absolute Gasteiger partial charge is 0.335 e. The van der Waals surface area contributed by atoms with E-state index in [9.17, 15) is 14.4 Å². The zero-order valence-electron chi connectivity index (χ0n) is 18.9. The number of aryl methyl sites for hydroxylation is 2. The summed E-state index contributed by atoms with van der Waals surface area (Å²) in [7, 11) is 0. The third-order valence-corrected chi connectivity index (χ3v) is 6.31. The van der Waals surface area contributed by atoms with Crippen LogP contribution in [0.3, 0.4) is 0 Å². The second kappa shape index (κ2) is 10.0. The number of H-pyrrole nitrogens is 1. The predicted molar refractivity (Wildman–Crippen MR) is 131 cm³/mol. The lowest BCUT2D eigenvalue weighted by molar-refractivity contribution is -0.137. The number of aromatic nitrogens is 4. The van der Waals surface area contributed by atoms with Gasteiger partial charge in [0.15, 0.2) is 0 Å². The maximum absolute atomic E-state index is 13.3. The lowest BCUT2D eigenvalue weighted by atomic mass is 10.1. The summed E-state index contributed by atoms with van der Waals surface area (Å²) < 4.78 is 3.51. The molecule has 0 aliphatic carbocycles. The first-order valence-electron chi connectivity index (χ1n) is 10.9. The van der Waals surface area contributed by atoms with Gasteiger partial charge in [0, 0.05) is 13.0 Å². The Morgan fingerprint density at radius 3 is 2.59 bits per heavy atom. The molecule has 0 aliphatic rings. The standard InChI is InChI=1S/C24H25N5O4S/c1-15-6-8-17(9-7-15)14-29-22(26-18-10-11-19-20(13-18)34-16(2)25-19)27-23(32)28(24(29)33)12-4-3-5-21(30)31/h6-11,13H,3-5,12,14H2,1-2H3,(H,30,31)(H,26,27,32). The van der Waals surface area contributed by atoms with Gasteiger partial charge in [-0.2, -0.15) is 0 Å². The van der Waals surface area contributed by atoms with Gasteiger partial charge in [-0.05, 0) is 50.5 Å². The van der Waals surface area contributed by atoms with Crippen LogP contribution in [0.4, 0.5) is 5.69 Å². The molecule has 0 aliphatic heterocycles. The number of benzene rings is 2. The molecule has 176 valence electrons. The number of carboxylic acid groups (broad SMARTS) is 1. The molecule has 0 radical (unpaired) electrons. The van der Waals surface area contributed by atoms with Crippen LogP contribution < -0.4 is 17.0 Å². The second-order valence-corrected chi connectivity index (χ2v) is 9.34. The molecule has 0 saturated heterocycles. The van der Waals surface area contributed by atoms with Gasteiger partial charge in [-0.15, -0.1) is 11.3 Å². The molecule has 0 unspecified atom stereocenters. The minimum atomic E-state index is -0.905. The largest absolute Gasteiger partial charge is 0.481 e. The number of aromatic amines is 1. The molecule has 10 heteroatoms. The highest BCUT2D eigenvalue weighted by Gasteiger charge is 2.11. The number of carboxylic acids is 1. The van der Waals surface area contributed by atoms with E-state index in [0.29, 0.717) is 18.5 Å². The highest BCUT2D eigenvalue weighted by Crippen LogP contribution is 2.25. The average molecular weight is 480 g/mol. The SMILES string of the molecule is Cc1ccc(Cn2c(=O)n(CCCCC(=O)O)c(=O)[nH]/c2=N\c2ccc3nc(C)sc3c2)cc1. The summed E-state index contributed by atoms with van der Waals surface area (Å²) in [6.45, 7) is 4.27. The van der Waals surface area contributed by atoms with E-state index in [4.69, 9.17) is 5.11 Å². The van der Waals surface area contributed by atoms with Crippen molar-refractivity contribution in [3.05, 3.63) is 85.2 Å². The van der Waals surface area contributed by atoms with Crippen molar-refractivity contribution < 1.29 is 9.90 Å². The summed E-state index contributed by atoms with van der Waals surface area (Å²) in [4.78, 5) is 48.6. The van der Waals surface area contributed by atoms with Crippen molar-refractivity contribution in [2.45, 2.75) is 46.2 Å². The number of aliphatic carboxylic acids is 1. The molecular formula is C24H25N5O4S. The summed E-state index contributed by atoms with van der Waals surface area (Å²) in [6, 6.07) is 13.3. The van der Waals surface area contributed by atoms with Crippen molar-refractivity contribution >= 4 is 33.2 Å². The topological polar surface area (TPSA) is 122 Å². The Labute approximate surface area is 198 Å². The van der Waals surface area contributed by atoms with Crippen LogP contribution in [0.1, 0.15) is 35.4 Å². The van der Waals surface area contributed by atoms with Gasteiger partial charge in [0.2, 0.25) is 5.62 Å². The van der Waals surface area contributed by atoms with Crippen molar-refractivity contribution in [2.75, 3.05) is 0 Å². The number of unbranched alkanes of at least 4 members (excludes halogenated alkanes) is 1. The molecule has 34 heavy (non-hydrogen) atoms. The maximum Gasteiger partial charge on any atom is 0.335 e. The molecule has 0 saturated carbocycles. The van der Waals surface area contributed by atoms with Crippen molar-refractivity contribution in [2.24, 2.45) is 4.99 Å². The van der Waals surface area contributed by atoms with Gasteiger partial charge >= 0.3 is 17.3 Å². The summed E-state index contributed by atoms with van der Waals surface area (Å²) in [6.07, 6.45) is 0.764. The van der Waals surface area contributed by atoms with E-state index in [1.165, 1.54) is 4.57 Å². The Hall–Kier alpha value is -3.79. The summed E-state index contributed by atoms with van der Waals surface area (Å²) >= 11 is 1.55. The molecule has 2 aromatic carbocycles. The Kier molecular flexibility index (Phi) is 6.87. The second-order valence-electron chi connectivity index (χ2n) is 8.11. The number of fused-ring (bicyclic) bond motifs is 1. The minimum Gasteiger partial charge on any atom is -0.481 e. The number of nitrogens with one attached hydrogen (secondary N) is 1. The molecular weight excluding hydrogens is 454 g/mol. The van der Waals surface area contributed by atoms with Gasteiger partial charge in [-0.3, -0.25) is 14.3 Å². The number of thiazole rings is 1. The van der Waals surface area contributed by atoms with E-state index in [1.54, 1.807) is 17.4 Å². The quantitative estimate of drug-likeness (QED) is 0.376. The van der Waals surface area contributed by atoms with E-state index in [1.807, 2.05) is 50.2 Å². The van der Waals surface area contributed by atoms with Crippen LogP contribution >= 0.6 is 11.3 Å². The molecule has 2 heterocycles. The highest BCUT2D eigenvalue weighted by atomic mass is 32.1. The first kappa shape index (κ1) is 23.4. The van der Waals surface area contributed by atoms with Crippen LogP contribution in [0.5, 0.6) is 0 Å². The van der Waals surface area contributed by atoms with Gasteiger partial charge in [0.05, 0.1) is 27.5 Å². The molecule has 0 atom stereocenters. The fraction of sp³-hybridized carbons (Fsp3) is 0.292. The fourth-order valence-corrected chi connectivity index (χ4v) is 4.48. The fourth-order valence-electron chi connectivity index (χ4n) is 3.62. The van der Waals surface area contributed by atoms with Crippen molar-refractivity contribution in [1.29, 1.82) is 0 Å². The first-order chi connectivity index (χ1) is 16.3. The van der Waals surface area contributed by atoms with Gasteiger partial charge in [0.1, 0.15) is 0 Å². The third-order valence-electron chi connectivity index (χ3n) is 5.38. The lowest BCUT2D eigenvalue weighted by Gasteiger charge is -2.11. The maximum atomic E-state index is 13.3. The van der Waals surface area contributed by atoms with E-state index < -0.39 is 17.3 Å². The highest BCUT2D eigenvalue weighted by molar-refractivity contribution is 7.18. The van der Waals surface area contributed by atoms with Crippen molar-refractivity contribution in [3.8, 4) is 0 Å². The number of hydrogen-bond donors (Lipinski definition) is 2. The molecule has 2 N–H and O–H groups in total. The first-order valence-corrected chi connectivity index (χ1v) is 11.7. The summed E-state index contributed by atoms with van der Waals surface area (Å²) in [5.41, 5.74) is 2.55. The Morgan fingerprint density at radius 2 is 1.85 bits per heavy atom. The van der Waals surface area contributed by atoms with Crippen molar-refractivity contribution in [3.63, 3.8) is 0 Å². The van der Waals surface area contributed by atoms with Crippen LogP contribution in [-0.2, 0) is 17.9 Å². The van der Waals surface area contributed by atoms with Crippen LogP contribution in [0, 0.1) is 13.8 Å². The summed E-state index contributed by atoms with van der Waals surface area (Å²) in [5, 5.41) is 9.78. The Bertz CT molecular complexity index is 1530. The number of hydrogen-bond acceptors (Lipinski definition) is 6. The summed E-state index contributed by atoms with van der Waals surface area (Å²) in [5.74, 6) is -0.905. The van der Waals surface area contributed by atoms with E-state index in [-0.39, 0.29) is 25.1 Å². The van der Waals surface area contributed by atoms with E-state index >= 15 is 0 Å². The van der Waals surface area contributed by atoms with Crippen LogP contribution in [0.2, 0.25) is 0 Å². The number of nitrogens with zero attached hydrogens (tertiary/aromatic N) is 4. The zero-order valence-corrected chi connectivity index (χ0v) is 19.8. The van der Waals surface area contributed by atoms with E-state index in [0.717, 1.165) is 30.9 Å². The molecule has 0 amide bonds. The van der Waals surface area contributed by atoms with Crippen LogP contribution in [-0.4, -0.2) is 30.2 Å². The average Bonchev–Trinajstić information content (AvgIpc) is 3.16. The molecule has 4 aromatic rings. The van der Waals surface area contributed by atoms with Crippen LogP contribution in [0.15, 0.2) is 57.0 Å². The number of carbonyl (C=O) groups is 1. The predicted octanol–water partition coefficient (Wildman–Crippen LogP) is 3.10. The molecule has 0 fully saturated rings. The normalized spacial score (nSPS) is 11.9. The van der Waals surface area contributed by atoms with Gasteiger partial charge in [-0.1, -0.05) is 29.8 Å². The van der Waals surface area contributed by atoms with Crippen LogP contribution in [0.25, 0.3) is 10.2 Å². The zero-order chi connectivity index (χ0) is 24.2. The minimum absolute atomic E-state index is 0.0109. The van der Waals surface area contributed by atoms with E-state index in [2.05, 4.69) is 15.0 Å². The number of rotatable bonds is 8. The monoisotopic (exact) mass is 479 g/mol. The molecule has 2 aromatic heterocycles. The molecule has 9 nitrogen and oxygen atoms in total. The Morgan fingerprint density at radius 1 is 1.09 bits per heavy atom. The van der Waals surface area contributed by atoms with Gasteiger partial charge < -0.3 is 5.11 Å². The molecule has 0 bridgehead atoms. The van der Waals surface area contributed by atoms with Gasteiger partial charge in [0.25, 0.3) is 0 Å². The van der Waals surface area contributed by atoms with Crippen molar-refractivity contribution in [1.82, 2.24) is 19.1 Å². The third kappa shape index (κ3) is 5.40.